The minimum absolute atomic E-state index is 0. The van der Waals surface area contributed by atoms with Gasteiger partial charge in [0.05, 0.1) is 25.7 Å². The van der Waals surface area contributed by atoms with Crippen molar-refractivity contribution in [3.63, 3.8) is 0 Å². The predicted octanol–water partition coefficient (Wildman–Crippen LogP) is 1.57. The number of carbonyl (C=O) groups is 1. The number of hydrogen-bond donors (Lipinski definition) is 1. The molecule has 1 unspecified atom stereocenters. The van der Waals surface area contributed by atoms with Gasteiger partial charge in [-0.2, -0.15) is 0 Å². The summed E-state index contributed by atoms with van der Waals surface area (Å²) in [6, 6.07) is 0. The molecule has 118 valence electrons. The zero-order valence-electron chi connectivity index (χ0n) is 12.1. The molecule has 0 amide bonds. The van der Waals surface area contributed by atoms with Gasteiger partial charge in [-0.15, -0.1) is 12.4 Å². The van der Waals surface area contributed by atoms with Crippen molar-refractivity contribution < 1.29 is 19.4 Å². The fourth-order valence-corrected chi connectivity index (χ4v) is 3.10. The second kappa shape index (κ2) is 8.82. The molecular weight excluding hydrogens is 282 g/mol. The molecule has 0 aromatic heterocycles. The van der Waals surface area contributed by atoms with Gasteiger partial charge in [-0.3, -0.25) is 9.69 Å². The van der Waals surface area contributed by atoms with Crippen LogP contribution < -0.4 is 0 Å². The van der Waals surface area contributed by atoms with Gasteiger partial charge >= 0.3 is 5.97 Å². The number of ether oxygens (including phenoxy) is 2. The van der Waals surface area contributed by atoms with Crippen LogP contribution in [0.4, 0.5) is 0 Å². The van der Waals surface area contributed by atoms with Crippen LogP contribution in [0.15, 0.2) is 0 Å². The van der Waals surface area contributed by atoms with Crippen LogP contribution in [0.3, 0.4) is 0 Å². The number of hydrogen-bond acceptors (Lipinski definition) is 5. The van der Waals surface area contributed by atoms with E-state index in [1.165, 1.54) is 20.0 Å². The molecule has 5 nitrogen and oxygen atoms in total. The van der Waals surface area contributed by atoms with Crippen LogP contribution in [0.25, 0.3) is 0 Å². The largest absolute Gasteiger partial charge is 0.469 e. The fourth-order valence-electron chi connectivity index (χ4n) is 3.10. The normalized spacial score (nSPS) is 28.7. The lowest BCUT2D eigenvalue weighted by atomic mass is 9.87. The molecule has 0 radical (unpaired) electrons. The van der Waals surface area contributed by atoms with E-state index in [0.717, 1.165) is 38.8 Å². The van der Waals surface area contributed by atoms with Crippen molar-refractivity contribution in [1.29, 1.82) is 0 Å². The number of halogens is 1. The van der Waals surface area contributed by atoms with Crippen molar-refractivity contribution in [2.24, 2.45) is 5.92 Å². The molecule has 1 heterocycles. The number of aliphatic hydroxyl groups is 1. The third kappa shape index (κ3) is 4.58. The zero-order chi connectivity index (χ0) is 13.7. The Balaban J connectivity index is 0.00000200. The molecule has 2 fully saturated rings. The molecule has 1 aliphatic carbocycles. The third-order valence-corrected chi connectivity index (χ3v) is 4.26. The lowest BCUT2D eigenvalue weighted by Gasteiger charge is -2.33. The predicted molar refractivity (Wildman–Crippen MR) is 77.8 cm³/mol. The first kappa shape index (κ1) is 17.7. The van der Waals surface area contributed by atoms with Crippen LogP contribution >= 0.6 is 12.4 Å². The van der Waals surface area contributed by atoms with Crippen LogP contribution in [-0.4, -0.2) is 55.1 Å². The van der Waals surface area contributed by atoms with Crippen LogP contribution in [0, 0.1) is 5.92 Å². The van der Waals surface area contributed by atoms with Gasteiger partial charge in [-0.1, -0.05) is 0 Å². The van der Waals surface area contributed by atoms with Gasteiger partial charge in [0.25, 0.3) is 0 Å². The Labute approximate surface area is 127 Å². The number of esters is 1. The lowest BCUT2D eigenvalue weighted by molar-refractivity contribution is -0.151. The average molecular weight is 308 g/mol. The number of nitrogens with zero attached hydrogens (tertiary/aromatic N) is 1. The molecule has 1 aliphatic heterocycles. The first-order valence-electron chi connectivity index (χ1n) is 7.32. The summed E-state index contributed by atoms with van der Waals surface area (Å²) in [5.74, 6) is -0.0686. The highest BCUT2D eigenvalue weighted by Gasteiger charge is 2.30. The van der Waals surface area contributed by atoms with E-state index in [9.17, 15) is 9.90 Å². The zero-order valence-corrected chi connectivity index (χ0v) is 12.9. The summed E-state index contributed by atoms with van der Waals surface area (Å²) >= 11 is 0. The third-order valence-electron chi connectivity index (χ3n) is 4.26. The number of likely N-dealkylation sites (tertiary alicyclic amines) is 1. The maximum atomic E-state index is 11.4. The summed E-state index contributed by atoms with van der Waals surface area (Å²) in [6.07, 6.45) is 5.80. The summed E-state index contributed by atoms with van der Waals surface area (Å²) in [5.41, 5.74) is 0. The van der Waals surface area contributed by atoms with E-state index < -0.39 is 0 Å². The fraction of sp³-hybridized carbons (Fsp3) is 0.929. The molecule has 0 aromatic rings. The maximum Gasteiger partial charge on any atom is 0.308 e. The molecule has 0 aromatic carbocycles. The topological polar surface area (TPSA) is 59.0 Å². The average Bonchev–Trinajstić information content (AvgIpc) is 2.98. The second-order valence-electron chi connectivity index (χ2n) is 5.51. The van der Waals surface area contributed by atoms with Gasteiger partial charge in [0, 0.05) is 13.1 Å². The number of rotatable bonds is 5. The Hall–Kier alpha value is -0.360. The second-order valence-corrected chi connectivity index (χ2v) is 5.51. The molecule has 1 saturated heterocycles. The minimum atomic E-state index is -0.165. The van der Waals surface area contributed by atoms with E-state index in [1.807, 2.05) is 0 Å². The maximum absolute atomic E-state index is 11.4. The lowest BCUT2D eigenvalue weighted by Crippen LogP contribution is -2.41. The first-order valence-corrected chi connectivity index (χ1v) is 7.32. The molecular formula is C14H26ClNO4. The smallest absolute Gasteiger partial charge is 0.308 e. The molecule has 20 heavy (non-hydrogen) atoms. The molecule has 2 rings (SSSR count). The quantitative estimate of drug-likeness (QED) is 0.781. The number of methoxy groups -OCH3 is 1. The summed E-state index contributed by atoms with van der Waals surface area (Å²) < 4.78 is 10.8. The van der Waals surface area contributed by atoms with Crippen molar-refractivity contribution >= 4 is 18.4 Å². The van der Waals surface area contributed by atoms with Crippen molar-refractivity contribution in [1.82, 2.24) is 4.90 Å². The molecule has 1 atom stereocenters. The van der Waals surface area contributed by atoms with Crippen LogP contribution in [0.1, 0.15) is 38.5 Å². The Morgan fingerprint density at radius 1 is 1.25 bits per heavy atom. The van der Waals surface area contributed by atoms with E-state index in [-0.39, 0.29) is 43.2 Å². The van der Waals surface area contributed by atoms with E-state index in [1.54, 1.807) is 0 Å². The van der Waals surface area contributed by atoms with Gasteiger partial charge in [-0.05, 0) is 38.5 Å². The molecule has 6 heteroatoms. The van der Waals surface area contributed by atoms with Crippen LogP contribution in [0.2, 0.25) is 0 Å². The van der Waals surface area contributed by atoms with Gasteiger partial charge in [0.15, 0.2) is 0 Å². The van der Waals surface area contributed by atoms with Crippen molar-refractivity contribution in [2.45, 2.75) is 50.9 Å². The highest BCUT2D eigenvalue weighted by molar-refractivity contribution is 5.85. The van der Waals surface area contributed by atoms with E-state index in [0.29, 0.717) is 0 Å². The van der Waals surface area contributed by atoms with Crippen molar-refractivity contribution in [2.75, 3.05) is 26.8 Å². The first-order chi connectivity index (χ1) is 9.24. The molecule has 1 saturated carbocycles. The van der Waals surface area contributed by atoms with Gasteiger partial charge in [0.2, 0.25) is 0 Å². The van der Waals surface area contributed by atoms with Gasteiger partial charge in [0.1, 0.15) is 6.23 Å². The monoisotopic (exact) mass is 307 g/mol. The van der Waals surface area contributed by atoms with Gasteiger partial charge in [-0.25, -0.2) is 0 Å². The summed E-state index contributed by atoms with van der Waals surface area (Å²) in [5, 5.41) is 9.45. The minimum Gasteiger partial charge on any atom is -0.469 e. The summed E-state index contributed by atoms with van der Waals surface area (Å²) in [4.78, 5) is 13.7. The number of aliphatic hydroxyl groups excluding tert-OH is 1. The van der Waals surface area contributed by atoms with E-state index in [4.69, 9.17) is 9.47 Å². The van der Waals surface area contributed by atoms with E-state index >= 15 is 0 Å². The summed E-state index contributed by atoms with van der Waals surface area (Å²) in [6.45, 7) is 2.09. The SMILES string of the molecule is COC(=O)C1CCC(OC(CO)N2CCCC2)CC1.Cl. The Morgan fingerprint density at radius 3 is 2.35 bits per heavy atom. The Kier molecular flexibility index (Phi) is 7.80. The molecule has 0 bridgehead atoms. The number of carbonyl (C=O) groups excluding carboxylic acids is 1. The Bertz CT molecular complexity index is 289. The molecule has 1 N–H and O–H groups in total. The van der Waals surface area contributed by atoms with E-state index in [2.05, 4.69) is 4.90 Å². The standard InChI is InChI=1S/C14H25NO4.ClH/c1-18-14(17)11-4-6-12(7-5-11)19-13(10-16)15-8-2-3-9-15;/h11-13,16H,2-10H2,1H3;1H. The molecule has 2 aliphatic rings. The Morgan fingerprint density at radius 2 is 1.85 bits per heavy atom. The van der Waals surface area contributed by atoms with Crippen molar-refractivity contribution in [3.05, 3.63) is 0 Å². The van der Waals surface area contributed by atoms with Gasteiger partial charge < -0.3 is 14.6 Å². The van der Waals surface area contributed by atoms with Crippen molar-refractivity contribution in [3.8, 4) is 0 Å². The molecule has 0 spiro atoms. The van der Waals surface area contributed by atoms with Crippen LogP contribution in [0.5, 0.6) is 0 Å². The summed E-state index contributed by atoms with van der Waals surface area (Å²) in [7, 11) is 1.44. The highest BCUT2D eigenvalue weighted by atomic mass is 35.5. The highest BCUT2D eigenvalue weighted by Crippen LogP contribution is 2.28. The van der Waals surface area contributed by atoms with Crippen LogP contribution in [-0.2, 0) is 14.3 Å².